The third-order valence-electron chi connectivity index (χ3n) is 4.33. The predicted molar refractivity (Wildman–Crippen MR) is 103 cm³/mol. The number of sulfonamides is 1. The van der Waals surface area contributed by atoms with Crippen LogP contribution in [-0.2, 0) is 19.6 Å². The summed E-state index contributed by atoms with van der Waals surface area (Å²) >= 11 is 0. The molecule has 1 saturated heterocycles. The van der Waals surface area contributed by atoms with E-state index in [2.05, 4.69) is 4.72 Å². The number of aryl methyl sites for hydroxylation is 1. The molecule has 0 saturated carbocycles. The van der Waals surface area contributed by atoms with E-state index in [4.69, 9.17) is 4.74 Å². The van der Waals surface area contributed by atoms with Gasteiger partial charge in [-0.25, -0.2) is 13.2 Å². The molecule has 1 atom stereocenters. The molecule has 1 aliphatic rings. The summed E-state index contributed by atoms with van der Waals surface area (Å²) in [5.74, 6) is -1.20. The summed E-state index contributed by atoms with van der Waals surface area (Å²) in [6.07, 6.45) is -0.387. The fourth-order valence-corrected chi connectivity index (χ4v) is 4.26. The van der Waals surface area contributed by atoms with E-state index in [1.165, 1.54) is 0 Å². The normalized spacial score (nSPS) is 16.0. The molecule has 1 fully saturated rings. The van der Waals surface area contributed by atoms with E-state index in [9.17, 15) is 18.0 Å². The van der Waals surface area contributed by atoms with Crippen molar-refractivity contribution in [1.82, 2.24) is 9.80 Å². The van der Waals surface area contributed by atoms with Gasteiger partial charge in [-0.1, -0.05) is 24.6 Å². The number of ether oxygens (including phenoxy) is 1. The minimum atomic E-state index is -3.64. The molecule has 0 aliphatic carbocycles. The molecule has 8 nitrogen and oxygen atoms in total. The highest BCUT2D eigenvalue weighted by Crippen LogP contribution is 2.14. The summed E-state index contributed by atoms with van der Waals surface area (Å²) in [6, 6.07) is 7.01. The van der Waals surface area contributed by atoms with Gasteiger partial charge in [-0.3, -0.25) is 9.52 Å². The molecule has 2 amide bonds. The van der Waals surface area contributed by atoms with E-state index in [1.807, 2.05) is 19.1 Å². The minimum absolute atomic E-state index is 0.229. The molecule has 27 heavy (non-hydrogen) atoms. The van der Waals surface area contributed by atoms with E-state index in [0.29, 0.717) is 38.5 Å². The molecule has 1 aromatic rings. The first-order valence-corrected chi connectivity index (χ1v) is 10.6. The topological polar surface area (TPSA) is 96.0 Å². The van der Waals surface area contributed by atoms with Crippen LogP contribution in [0, 0.1) is 12.8 Å². The summed E-state index contributed by atoms with van der Waals surface area (Å²) in [7, 11) is -3.64. The average Bonchev–Trinajstić information content (AvgIpc) is 2.62. The second kappa shape index (κ2) is 9.07. The van der Waals surface area contributed by atoms with Crippen molar-refractivity contribution >= 4 is 27.7 Å². The fourth-order valence-electron chi connectivity index (χ4n) is 2.88. The monoisotopic (exact) mass is 397 g/mol. The minimum Gasteiger partial charge on any atom is -0.450 e. The first-order chi connectivity index (χ1) is 12.7. The van der Waals surface area contributed by atoms with Crippen LogP contribution in [0.1, 0.15) is 19.4 Å². The molecule has 0 spiro atoms. The molecule has 1 aliphatic heterocycles. The van der Waals surface area contributed by atoms with Crippen LogP contribution in [0.4, 0.5) is 10.5 Å². The second-order valence-corrected chi connectivity index (χ2v) is 8.43. The Morgan fingerprint density at radius 1 is 1.11 bits per heavy atom. The van der Waals surface area contributed by atoms with Crippen LogP contribution in [-0.4, -0.2) is 68.8 Å². The Morgan fingerprint density at radius 2 is 1.67 bits per heavy atom. The maximum absolute atomic E-state index is 12.6. The van der Waals surface area contributed by atoms with Crippen LogP contribution < -0.4 is 4.72 Å². The number of benzene rings is 1. The Labute approximate surface area is 160 Å². The third kappa shape index (κ3) is 6.13. The van der Waals surface area contributed by atoms with E-state index in [0.717, 1.165) is 5.56 Å². The lowest BCUT2D eigenvalue weighted by Gasteiger charge is -2.35. The lowest BCUT2D eigenvalue weighted by Crippen LogP contribution is -2.52. The number of rotatable bonds is 6. The van der Waals surface area contributed by atoms with Gasteiger partial charge in [0, 0.05) is 31.9 Å². The van der Waals surface area contributed by atoms with Crippen molar-refractivity contribution in [3.05, 3.63) is 29.8 Å². The van der Waals surface area contributed by atoms with Crippen molar-refractivity contribution in [2.24, 2.45) is 5.92 Å². The van der Waals surface area contributed by atoms with Gasteiger partial charge >= 0.3 is 6.09 Å². The summed E-state index contributed by atoms with van der Waals surface area (Å²) in [4.78, 5) is 27.4. The SMILES string of the molecule is CCOC(=O)N1CCN(C(=O)C(C)CS(=O)(=O)Nc2ccc(C)cc2)CC1. The Kier molecular flexibility index (Phi) is 7.06. The summed E-state index contributed by atoms with van der Waals surface area (Å²) in [5.41, 5.74) is 1.51. The molecule has 1 aromatic carbocycles. The van der Waals surface area contributed by atoms with E-state index < -0.39 is 15.9 Å². The zero-order chi connectivity index (χ0) is 20.0. The summed E-state index contributed by atoms with van der Waals surface area (Å²) in [6.45, 7) is 7.07. The van der Waals surface area contributed by atoms with Gasteiger partial charge in [0.25, 0.3) is 0 Å². The first kappa shape index (κ1) is 21.0. The average molecular weight is 397 g/mol. The molecule has 9 heteroatoms. The van der Waals surface area contributed by atoms with Crippen LogP contribution in [0.15, 0.2) is 24.3 Å². The van der Waals surface area contributed by atoms with Gasteiger partial charge in [0.05, 0.1) is 18.3 Å². The fraction of sp³-hybridized carbons (Fsp3) is 0.556. The lowest BCUT2D eigenvalue weighted by molar-refractivity contribution is -0.135. The molecule has 1 heterocycles. The van der Waals surface area contributed by atoms with Crippen LogP contribution in [0.2, 0.25) is 0 Å². The number of hydrogen-bond acceptors (Lipinski definition) is 5. The zero-order valence-corrected chi connectivity index (χ0v) is 16.8. The van der Waals surface area contributed by atoms with Crippen molar-refractivity contribution in [2.75, 3.05) is 43.3 Å². The Balaban J connectivity index is 1.88. The molecule has 1 unspecified atom stereocenters. The van der Waals surface area contributed by atoms with Gasteiger partial charge < -0.3 is 14.5 Å². The van der Waals surface area contributed by atoms with Crippen LogP contribution in [0.3, 0.4) is 0 Å². The lowest BCUT2D eigenvalue weighted by atomic mass is 10.1. The maximum atomic E-state index is 12.6. The molecular formula is C18H27N3O5S. The Hall–Kier alpha value is -2.29. The number of piperazine rings is 1. The molecule has 150 valence electrons. The highest BCUT2D eigenvalue weighted by Gasteiger charge is 2.29. The van der Waals surface area contributed by atoms with Crippen molar-refractivity contribution in [3.8, 4) is 0 Å². The molecule has 0 aromatic heterocycles. The summed E-state index contributed by atoms with van der Waals surface area (Å²) < 4.78 is 32.1. The Bertz CT molecular complexity index is 756. The first-order valence-electron chi connectivity index (χ1n) is 8.99. The van der Waals surface area contributed by atoms with E-state index in [-0.39, 0.29) is 17.8 Å². The van der Waals surface area contributed by atoms with E-state index in [1.54, 1.807) is 35.8 Å². The van der Waals surface area contributed by atoms with Crippen molar-refractivity contribution in [2.45, 2.75) is 20.8 Å². The molecule has 0 bridgehead atoms. The number of carbonyl (C=O) groups is 2. The van der Waals surface area contributed by atoms with Gasteiger partial charge in [-0.05, 0) is 26.0 Å². The number of nitrogens with one attached hydrogen (secondary N) is 1. The van der Waals surface area contributed by atoms with Gasteiger partial charge in [0.15, 0.2) is 0 Å². The molecule has 0 radical (unpaired) electrons. The smallest absolute Gasteiger partial charge is 0.409 e. The Morgan fingerprint density at radius 3 is 2.22 bits per heavy atom. The molecule has 2 rings (SSSR count). The van der Waals surface area contributed by atoms with Crippen molar-refractivity contribution in [3.63, 3.8) is 0 Å². The highest BCUT2D eigenvalue weighted by atomic mass is 32.2. The largest absolute Gasteiger partial charge is 0.450 e. The zero-order valence-electron chi connectivity index (χ0n) is 16.0. The molecular weight excluding hydrogens is 370 g/mol. The van der Waals surface area contributed by atoms with Crippen LogP contribution in [0.5, 0.6) is 0 Å². The number of amides is 2. The van der Waals surface area contributed by atoms with Gasteiger partial charge in [-0.2, -0.15) is 0 Å². The number of nitrogens with zero attached hydrogens (tertiary/aromatic N) is 2. The van der Waals surface area contributed by atoms with Gasteiger partial charge in [-0.15, -0.1) is 0 Å². The van der Waals surface area contributed by atoms with Crippen LogP contribution >= 0.6 is 0 Å². The molecule has 1 N–H and O–H groups in total. The third-order valence-corrected chi connectivity index (χ3v) is 5.82. The predicted octanol–water partition coefficient (Wildman–Crippen LogP) is 1.67. The highest BCUT2D eigenvalue weighted by molar-refractivity contribution is 7.92. The van der Waals surface area contributed by atoms with Gasteiger partial charge in [0.2, 0.25) is 15.9 Å². The number of carbonyl (C=O) groups excluding carboxylic acids is 2. The van der Waals surface area contributed by atoms with Crippen molar-refractivity contribution in [1.29, 1.82) is 0 Å². The number of hydrogen-bond donors (Lipinski definition) is 1. The maximum Gasteiger partial charge on any atom is 0.409 e. The van der Waals surface area contributed by atoms with E-state index >= 15 is 0 Å². The quantitative estimate of drug-likeness (QED) is 0.788. The van der Waals surface area contributed by atoms with Gasteiger partial charge in [0.1, 0.15) is 0 Å². The summed E-state index contributed by atoms with van der Waals surface area (Å²) in [5, 5.41) is 0. The number of anilines is 1. The van der Waals surface area contributed by atoms with Crippen LogP contribution in [0.25, 0.3) is 0 Å². The second-order valence-electron chi connectivity index (χ2n) is 6.66. The van der Waals surface area contributed by atoms with Crippen molar-refractivity contribution < 1.29 is 22.7 Å². The standard InChI is InChI=1S/C18H27N3O5S/c1-4-26-18(23)21-11-9-20(10-12-21)17(22)15(3)13-27(24,25)19-16-7-5-14(2)6-8-16/h5-8,15,19H,4,9-13H2,1-3H3.